The number of anilines is 2. The maximum atomic E-state index is 13.0. The monoisotopic (exact) mass is 549 g/mol. The average molecular weight is 550 g/mol. The van der Waals surface area contributed by atoms with Gasteiger partial charge in [0.05, 0.1) is 40.9 Å². The highest BCUT2D eigenvalue weighted by Crippen LogP contribution is 2.45. The van der Waals surface area contributed by atoms with E-state index >= 15 is 0 Å². The fourth-order valence-corrected chi connectivity index (χ4v) is 7.11. The van der Waals surface area contributed by atoms with Gasteiger partial charge in [-0.25, -0.2) is 15.0 Å². The van der Waals surface area contributed by atoms with Gasteiger partial charge in [0.25, 0.3) is 0 Å². The maximum Gasteiger partial charge on any atom is 0.237 e. The number of rotatable bonds is 5. The van der Waals surface area contributed by atoms with Gasteiger partial charge in [-0.15, -0.1) is 11.3 Å². The van der Waals surface area contributed by atoms with Gasteiger partial charge in [-0.3, -0.25) is 4.79 Å². The Bertz CT molecular complexity index is 1510. The highest BCUT2D eigenvalue weighted by Gasteiger charge is 2.33. The molecule has 2 aliphatic rings. The number of hydrogen-bond acceptors (Lipinski definition) is 9. The van der Waals surface area contributed by atoms with Crippen molar-refractivity contribution in [3.63, 3.8) is 0 Å². The Morgan fingerprint density at radius 1 is 1.16 bits per heavy atom. The van der Waals surface area contributed by atoms with Crippen LogP contribution in [0.3, 0.4) is 0 Å². The van der Waals surface area contributed by atoms with E-state index < -0.39 is 0 Å². The summed E-state index contributed by atoms with van der Waals surface area (Å²) in [6.45, 7) is 11.8. The zero-order valence-electron chi connectivity index (χ0n) is 22.0. The van der Waals surface area contributed by atoms with Crippen molar-refractivity contribution in [2.45, 2.75) is 56.6 Å². The standard InChI is InChI=1S/C28H31N5O3S2/c1-16-5-7-18(8-6-16)31-25(34)17(2)37-27-23-22(29-15-30-27)21-19-13-28(3,4)36-14-20(19)24(32-26(21)38-23)33-9-11-35-12-10-33/h5-8,15,17H,9-14H2,1-4H3,(H,31,34). The largest absolute Gasteiger partial charge is 0.378 e. The summed E-state index contributed by atoms with van der Waals surface area (Å²) in [4.78, 5) is 30.7. The van der Waals surface area contributed by atoms with Crippen LogP contribution < -0.4 is 10.2 Å². The highest BCUT2D eigenvalue weighted by molar-refractivity contribution is 8.00. The first-order chi connectivity index (χ1) is 18.3. The molecule has 1 saturated heterocycles. The number of fused-ring (bicyclic) bond motifs is 5. The van der Waals surface area contributed by atoms with Crippen molar-refractivity contribution >= 4 is 60.9 Å². The van der Waals surface area contributed by atoms with Crippen LogP contribution in [0.4, 0.5) is 11.5 Å². The van der Waals surface area contributed by atoms with E-state index in [9.17, 15) is 4.79 Å². The van der Waals surface area contributed by atoms with E-state index in [2.05, 4.69) is 29.0 Å². The molecule has 0 saturated carbocycles. The summed E-state index contributed by atoms with van der Waals surface area (Å²) in [5, 5.41) is 4.58. The minimum absolute atomic E-state index is 0.0595. The fourth-order valence-electron chi connectivity index (χ4n) is 4.99. The van der Waals surface area contributed by atoms with E-state index in [1.54, 1.807) is 17.7 Å². The van der Waals surface area contributed by atoms with Crippen molar-refractivity contribution in [2.75, 3.05) is 36.5 Å². The number of aryl methyl sites for hydroxylation is 1. The molecule has 8 nitrogen and oxygen atoms in total. The summed E-state index contributed by atoms with van der Waals surface area (Å²) >= 11 is 3.07. The van der Waals surface area contributed by atoms with Crippen LogP contribution >= 0.6 is 23.1 Å². The number of benzene rings is 1. The van der Waals surface area contributed by atoms with Crippen molar-refractivity contribution < 1.29 is 14.3 Å². The summed E-state index contributed by atoms with van der Waals surface area (Å²) < 4.78 is 12.8. The zero-order chi connectivity index (χ0) is 26.4. The Balaban J connectivity index is 1.39. The molecule has 10 heteroatoms. The topological polar surface area (TPSA) is 89.5 Å². The second-order valence-electron chi connectivity index (χ2n) is 10.5. The molecule has 1 unspecified atom stereocenters. The molecule has 1 amide bonds. The Hall–Kier alpha value is -2.79. The molecule has 198 valence electrons. The summed E-state index contributed by atoms with van der Waals surface area (Å²) in [6, 6.07) is 7.82. The third-order valence-corrected chi connectivity index (χ3v) is 9.37. The number of nitrogens with zero attached hydrogens (tertiary/aromatic N) is 4. The zero-order valence-corrected chi connectivity index (χ0v) is 23.7. The van der Waals surface area contributed by atoms with E-state index in [-0.39, 0.29) is 16.8 Å². The molecular formula is C28H31N5O3S2. The molecule has 6 rings (SSSR count). The van der Waals surface area contributed by atoms with Crippen LogP contribution in [0.5, 0.6) is 0 Å². The Morgan fingerprint density at radius 2 is 1.92 bits per heavy atom. The maximum absolute atomic E-state index is 13.0. The number of amides is 1. The molecule has 0 aliphatic carbocycles. The number of carbonyl (C=O) groups excluding carboxylic acids is 1. The number of thioether (sulfide) groups is 1. The number of aromatic nitrogens is 3. The molecule has 4 aromatic rings. The van der Waals surface area contributed by atoms with E-state index in [1.165, 1.54) is 17.3 Å². The highest BCUT2D eigenvalue weighted by atomic mass is 32.2. The van der Waals surface area contributed by atoms with E-state index in [4.69, 9.17) is 19.4 Å². The molecule has 0 radical (unpaired) electrons. The van der Waals surface area contributed by atoms with Crippen molar-refractivity contribution in [3.05, 3.63) is 47.3 Å². The third-order valence-electron chi connectivity index (χ3n) is 7.06. The molecule has 1 N–H and O–H groups in total. The van der Waals surface area contributed by atoms with Crippen molar-refractivity contribution in [1.29, 1.82) is 0 Å². The summed E-state index contributed by atoms with van der Waals surface area (Å²) in [7, 11) is 0. The second-order valence-corrected chi connectivity index (χ2v) is 12.8. The molecule has 0 bridgehead atoms. The summed E-state index contributed by atoms with van der Waals surface area (Å²) in [6.07, 6.45) is 2.39. The lowest BCUT2D eigenvalue weighted by Gasteiger charge is -2.36. The molecule has 1 atom stereocenters. The number of hydrogen-bond donors (Lipinski definition) is 1. The second kappa shape index (κ2) is 10.1. The minimum Gasteiger partial charge on any atom is -0.378 e. The van der Waals surface area contributed by atoms with Gasteiger partial charge in [0.2, 0.25) is 5.91 Å². The first-order valence-electron chi connectivity index (χ1n) is 12.9. The molecule has 38 heavy (non-hydrogen) atoms. The molecular weight excluding hydrogens is 518 g/mol. The smallest absolute Gasteiger partial charge is 0.237 e. The molecule has 3 aromatic heterocycles. The average Bonchev–Trinajstić information content (AvgIpc) is 3.29. The van der Waals surface area contributed by atoms with Gasteiger partial charge in [-0.1, -0.05) is 29.5 Å². The van der Waals surface area contributed by atoms with Crippen LogP contribution in [-0.4, -0.2) is 58.0 Å². The van der Waals surface area contributed by atoms with Crippen molar-refractivity contribution in [2.24, 2.45) is 0 Å². The molecule has 5 heterocycles. The predicted molar refractivity (Wildman–Crippen MR) is 153 cm³/mol. The number of morpholine rings is 1. The quantitative estimate of drug-likeness (QED) is 0.263. The SMILES string of the molecule is Cc1ccc(NC(=O)C(C)Sc2ncnc3c2sc2nc(N4CCOCC4)c4c(c23)CC(C)(C)OC4)cc1. The van der Waals surface area contributed by atoms with Crippen molar-refractivity contribution in [3.8, 4) is 0 Å². The Kier molecular flexibility index (Phi) is 6.75. The van der Waals surface area contributed by atoms with E-state index in [0.717, 1.165) is 67.6 Å². The molecule has 1 aromatic carbocycles. The molecule has 1 fully saturated rings. The lowest BCUT2D eigenvalue weighted by molar-refractivity contribution is -0.115. The van der Waals surface area contributed by atoms with Crippen LogP contribution in [0, 0.1) is 6.92 Å². The molecule has 2 aliphatic heterocycles. The van der Waals surface area contributed by atoms with Crippen LogP contribution in [0.15, 0.2) is 35.6 Å². The minimum atomic E-state index is -0.335. The fraction of sp³-hybridized carbons (Fsp3) is 0.429. The summed E-state index contributed by atoms with van der Waals surface area (Å²) in [5.74, 6) is 0.932. The lowest BCUT2D eigenvalue weighted by Crippen LogP contribution is -2.39. The Morgan fingerprint density at radius 3 is 2.68 bits per heavy atom. The first kappa shape index (κ1) is 25.5. The van der Waals surface area contributed by atoms with Gasteiger partial charge in [0.1, 0.15) is 22.0 Å². The number of ether oxygens (including phenoxy) is 2. The van der Waals surface area contributed by atoms with Gasteiger partial charge < -0.3 is 19.7 Å². The van der Waals surface area contributed by atoms with Crippen LogP contribution in [-0.2, 0) is 27.3 Å². The van der Waals surface area contributed by atoms with Crippen LogP contribution in [0.25, 0.3) is 20.4 Å². The van der Waals surface area contributed by atoms with Gasteiger partial charge in [-0.05, 0) is 45.4 Å². The van der Waals surface area contributed by atoms with E-state index in [1.807, 2.05) is 38.1 Å². The number of thiophene rings is 1. The third kappa shape index (κ3) is 4.86. The van der Waals surface area contributed by atoms with Gasteiger partial charge in [0, 0.05) is 36.1 Å². The number of carbonyl (C=O) groups is 1. The van der Waals surface area contributed by atoms with Gasteiger partial charge in [-0.2, -0.15) is 0 Å². The van der Waals surface area contributed by atoms with Gasteiger partial charge >= 0.3 is 0 Å². The summed E-state index contributed by atoms with van der Waals surface area (Å²) in [5.41, 5.74) is 4.99. The number of pyridine rings is 1. The Labute approximate surface area is 230 Å². The first-order valence-corrected chi connectivity index (χ1v) is 14.6. The molecule has 0 spiro atoms. The number of nitrogens with one attached hydrogen (secondary N) is 1. The van der Waals surface area contributed by atoms with Crippen LogP contribution in [0.2, 0.25) is 0 Å². The van der Waals surface area contributed by atoms with E-state index in [0.29, 0.717) is 19.8 Å². The van der Waals surface area contributed by atoms with Crippen molar-refractivity contribution in [1.82, 2.24) is 15.0 Å². The normalized spacial score (nSPS) is 17.9. The lowest BCUT2D eigenvalue weighted by atomic mass is 9.90. The predicted octanol–water partition coefficient (Wildman–Crippen LogP) is 5.36. The van der Waals surface area contributed by atoms with Gasteiger partial charge in [0.15, 0.2) is 0 Å². The van der Waals surface area contributed by atoms with Crippen LogP contribution in [0.1, 0.15) is 37.5 Å².